The summed E-state index contributed by atoms with van der Waals surface area (Å²) in [5, 5.41) is 0. The van der Waals surface area contributed by atoms with Gasteiger partial charge in [-0.25, -0.2) is 0 Å². The maximum Gasteiger partial charge on any atom is 0.335 e. The summed E-state index contributed by atoms with van der Waals surface area (Å²) in [5.41, 5.74) is 0.803. The van der Waals surface area contributed by atoms with Gasteiger partial charge < -0.3 is 18.5 Å². The van der Waals surface area contributed by atoms with Crippen LogP contribution in [0.3, 0.4) is 0 Å². The second kappa shape index (κ2) is 19.6. The van der Waals surface area contributed by atoms with Crippen LogP contribution in [-0.4, -0.2) is 26.4 Å². The Labute approximate surface area is 217 Å². The second-order valence-electron chi connectivity index (χ2n) is 8.73. The molecule has 0 N–H and O–H groups in total. The molecule has 0 fully saturated rings. The maximum atomic E-state index is 13.2. The zero-order valence-corrected chi connectivity index (χ0v) is 24.5. The van der Waals surface area contributed by atoms with Crippen molar-refractivity contribution >= 4 is 23.5 Å². The summed E-state index contributed by atoms with van der Waals surface area (Å²) >= 11 is 3.64. The Hall–Kier alpha value is -0.550. The van der Waals surface area contributed by atoms with Crippen molar-refractivity contribution in [2.75, 3.05) is 26.4 Å². The number of benzene rings is 1. The molecule has 34 heavy (non-hydrogen) atoms. The molecule has 0 aromatic heterocycles. The highest BCUT2D eigenvalue weighted by atomic mass is 79.9. The minimum absolute atomic E-state index is 0.168. The molecule has 0 bridgehead atoms. The monoisotopic (exact) mass is 562 g/mol. The third kappa shape index (κ3) is 13.5. The highest BCUT2D eigenvalue weighted by Crippen LogP contribution is 2.53. The van der Waals surface area contributed by atoms with Crippen LogP contribution in [0.1, 0.15) is 110 Å². The third-order valence-electron chi connectivity index (χ3n) is 5.64. The Balaban J connectivity index is 2.83. The van der Waals surface area contributed by atoms with Gasteiger partial charge in [0, 0.05) is 5.56 Å². The highest BCUT2D eigenvalue weighted by Gasteiger charge is 2.27. The van der Waals surface area contributed by atoms with Crippen LogP contribution in [0.4, 0.5) is 0 Å². The Morgan fingerprint density at radius 1 is 0.676 bits per heavy atom. The molecule has 0 saturated carbocycles. The molecule has 1 aromatic carbocycles. The number of ether oxygens (including phenoxy) is 2. The fourth-order valence-electron chi connectivity index (χ4n) is 3.81. The van der Waals surface area contributed by atoms with E-state index in [0.717, 1.165) is 35.0 Å². The number of unbranched alkanes of at least 4 members (excludes halogenated alkanes) is 10. The van der Waals surface area contributed by atoms with Crippen molar-refractivity contribution in [3.63, 3.8) is 0 Å². The van der Waals surface area contributed by atoms with Crippen molar-refractivity contribution in [2.24, 2.45) is 0 Å². The van der Waals surface area contributed by atoms with E-state index in [-0.39, 0.29) is 6.16 Å². The van der Waals surface area contributed by atoms with Crippen molar-refractivity contribution in [1.82, 2.24) is 0 Å². The molecule has 198 valence electrons. The minimum atomic E-state index is -3.26. The predicted octanol–water partition coefficient (Wildman–Crippen LogP) is 9.69. The van der Waals surface area contributed by atoms with E-state index in [4.69, 9.17) is 18.5 Å². The highest BCUT2D eigenvalue weighted by molar-refractivity contribution is 9.10. The molecular formula is C27H48BrO5P. The maximum absolute atomic E-state index is 13.2. The molecule has 0 unspecified atom stereocenters. The number of hydrogen-bond acceptors (Lipinski definition) is 5. The van der Waals surface area contributed by atoms with Gasteiger partial charge in [0.25, 0.3) is 0 Å². The smallest absolute Gasteiger partial charge is 0.335 e. The fraction of sp³-hybridized carbons (Fsp3) is 0.778. The summed E-state index contributed by atoms with van der Waals surface area (Å²) < 4.78 is 37.4. The zero-order chi connectivity index (χ0) is 25.1. The summed E-state index contributed by atoms with van der Waals surface area (Å²) in [6, 6.07) is 3.87. The van der Waals surface area contributed by atoms with Gasteiger partial charge in [-0.1, -0.05) is 78.1 Å². The lowest BCUT2D eigenvalue weighted by Gasteiger charge is -2.20. The van der Waals surface area contributed by atoms with Crippen LogP contribution in [0.25, 0.3) is 0 Å². The van der Waals surface area contributed by atoms with Gasteiger partial charge in [-0.15, -0.1) is 0 Å². The molecule has 0 aliphatic rings. The van der Waals surface area contributed by atoms with Crippen molar-refractivity contribution in [2.45, 2.75) is 111 Å². The molecule has 0 heterocycles. The van der Waals surface area contributed by atoms with Gasteiger partial charge in [-0.3, -0.25) is 4.57 Å². The van der Waals surface area contributed by atoms with Crippen LogP contribution in [-0.2, 0) is 19.8 Å². The van der Waals surface area contributed by atoms with E-state index in [9.17, 15) is 4.57 Å². The van der Waals surface area contributed by atoms with Crippen LogP contribution in [0, 0.1) is 0 Å². The molecule has 0 radical (unpaired) electrons. The Bertz CT molecular complexity index is 688. The summed E-state index contributed by atoms with van der Waals surface area (Å²) in [6.45, 7) is 10.1. The van der Waals surface area contributed by atoms with E-state index in [1.54, 1.807) is 0 Å². The van der Waals surface area contributed by atoms with Gasteiger partial charge in [0.05, 0.1) is 37.1 Å². The molecule has 1 aromatic rings. The Kier molecular flexibility index (Phi) is 18.2. The van der Waals surface area contributed by atoms with Gasteiger partial charge in [0.2, 0.25) is 0 Å². The Morgan fingerprint density at radius 3 is 1.65 bits per heavy atom. The minimum Gasteiger partial charge on any atom is -0.493 e. The molecule has 0 aliphatic carbocycles. The first-order valence-electron chi connectivity index (χ1n) is 13.5. The van der Waals surface area contributed by atoms with Gasteiger partial charge in [0.1, 0.15) is 11.5 Å². The van der Waals surface area contributed by atoms with Crippen molar-refractivity contribution < 1.29 is 23.1 Å². The van der Waals surface area contributed by atoms with Crippen LogP contribution in [0.5, 0.6) is 11.5 Å². The van der Waals surface area contributed by atoms with E-state index < -0.39 is 7.60 Å². The lowest BCUT2D eigenvalue weighted by molar-refractivity contribution is 0.218. The molecule has 0 amide bonds. The average Bonchev–Trinajstić information content (AvgIpc) is 2.80. The molecule has 5 nitrogen and oxygen atoms in total. The van der Waals surface area contributed by atoms with Crippen LogP contribution < -0.4 is 9.47 Å². The Morgan fingerprint density at radius 2 is 1.15 bits per heavy atom. The molecular weight excluding hydrogens is 515 g/mol. The number of rotatable bonds is 22. The van der Waals surface area contributed by atoms with Gasteiger partial charge in [-0.05, 0) is 54.8 Å². The SMILES string of the molecule is CCCCCCCCOc1cc(CP(=O)(OCC)OCC)c(OCCCCCCCC)cc1Br. The molecule has 0 saturated heterocycles. The molecule has 0 atom stereocenters. The predicted molar refractivity (Wildman–Crippen MR) is 146 cm³/mol. The fourth-order valence-corrected chi connectivity index (χ4v) is 5.95. The standard InChI is InChI=1S/C27H48BrO5P/c1-5-9-11-13-15-17-19-30-26-22-25(28)27(31-20-18-16-14-12-10-6-2)21-24(26)23-34(29,32-7-3)33-8-4/h21-22H,5-20,23H2,1-4H3. The third-order valence-corrected chi connectivity index (χ3v) is 8.29. The van der Waals surface area contributed by atoms with Crippen molar-refractivity contribution in [1.29, 1.82) is 0 Å². The second-order valence-corrected chi connectivity index (χ2v) is 11.6. The van der Waals surface area contributed by atoms with Crippen LogP contribution in [0.2, 0.25) is 0 Å². The summed E-state index contributed by atoms with van der Waals surface area (Å²) in [7, 11) is -3.26. The van der Waals surface area contributed by atoms with E-state index >= 15 is 0 Å². The first-order valence-corrected chi connectivity index (χ1v) is 16.0. The summed E-state index contributed by atoms with van der Waals surface area (Å²) in [5.74, 6) is 1.46. The molecule has 0 spiro atoms. The largest absolute Gasteiger partial charge is 0.493 e. The molecule has 7 heteroatoms. The van der Waals surface area contributed by atoms with Gasteiger partial charge in [0.15, 0.2) is 0 Å². The lowest BCUT2D eigenvalue weighted by Crippen LogP contribution is -2.05. The van der Waals surface area contributed by atoms with E-state index in [1.165, 1.54) is 57.8 Å². The summed E-state index contributed by atoms with van der Waals surface area (Å²) in [6.07, 6.45) is 14.7. The van der Waals surface area contributed by atoms with E-state index in [1.807, 2.05) is 26.0 Å². The topological polar surface area (TPSA) is 54.0 Å². The van der Waals surface area contributed by atoms with Crippen molar-refractivity contribution in [3.8, 4) is 11.5 Å². The first-order chi connectivity index (χ1) is 16.5. The zero-order valence-electron chi connectivity index (χ0n) is 22.0. The van der Waals surface area contributed by atoms with E-state index in [0.29, 0.717) is 32.2 Å². The average molecular weight is 564 g/mol. The van der Waals surface area contributed by atoms with Crippen LogP contribution >= 0.6 is 23.5 Å². The number of halogens is 1. The van der Waals surface area contributed by atoms with Gasteiger partial charge >= 0.3 is 7.60 Å². The normalized spacial score (nSPS) is 11.7. The quantitative estimate of drug-likeness (QED) is 0.104. The molecule has 1 rings (SSSR count). The van der Waals surface area contributed by atoms with E-state index in [2.05, 4.69) is 29.8 Å². The van der Waals surface area contributed by atoms with Crippen molar-refractivity contribution in [3.05, 3.63) is 22.2 Å². The van der Waals surface area contributed by atoms with Crippen LogP contribution in [0.15, 0.2) is 16.6 Å². The molecule has 0 aliphatic heterocycles. The summed E-state index contributed by atoms with van der Waals surface area (Å²) in [4.78, 5) is 0. The van der Waals surface area contributed by atoms with Gasteiger partial charge in [-0.2, -0.15) is 0 Å². The lowest BCUT2D eigenvalue weighted by atomic mass is 10.1. The number of hydrogen-bond donors (Lipinski definition) is 0. The first kappa shape index (κ1) is 31.5.